The minimum Gasteiger partial charge on any atom is -0.204 e. The van der Waals surface area contributed by atoms with E-state index in [-0.39, 0.29) is 17.5 Å². The van der Waals surface area contributed by atoms with E-state index in [1.54, 1.807) is 0 Å². The van der Waals surface area contributed by atoms with Gasteiger partial charge in [0.05, 0.1) is 0 Å². The van der Waals surface area contributed by atoms with Crippen molar-refractivity contribution in [2.24, 2.45) is 0 Å². The lowest BCUT2D eigenvalue weighted by Crippen LogP contribution is -2.04. The number of hydrogen-bond acceptors (Lipinski definition) is 0. The van der Waals surface area contributed by atoms with Crippen molar-refractivity contribution in [1.29, 1.82) is 0 Å². The van der Waals surface area contributed by atoms with Crippen LogP contribution in [0.3, 0.4) is 0 Å². The van der Waals surface area contributed by atoms with E-state index in [0.29, 0.717) is 0 Å². The minimum atomic E-state index is -1.59. The summed E-state index contributed by atoms with van der Waals surface area (Å²) < 4.78 is 66.1. The molecule has 0 radical (unpaired) electrons. The van der Waals surface area contributed by atoms with Crippen LogP contribution in [-0.2, 0) is 6.42 Å². The Morgan fingerprint density at radius 2 is 1.45 bits per heavy atom. The standard InChI is InChI=1S/C14H8BrF5/c15-9(6-7-2-1-3-10(16)12(7)18)8-4-5-11(17)14(20)13(8)19/h1-5,9H,6H2. The van der Waals surface area contributed by atoms with Gasteiger partial charge in [0.25, 0.3) is 0 Å². The Bertz CT molecular complexity index is 642. The first-order valence-electron chi connectivity index (χ1n) is 5.62. The molecule has 0 aliphatic carbocycles. The highest BCUT2D eigenvalue weighted by atomic mass is 79.9. The molecule has 106 valence electrons. The van der Waals surface area contributed by atoms with Crippen LogP contribution in [0.1, 0.15) is 16.0 Å². The highest BCUT2D eigenvalue weighted by Crippen LogP contribution is 2.31. The van der Waals surface area contributed by atoms with Gasteiger partial charge in [0.1, 0.15) is 0 Å². The van der Waals surface area contributed by atoms with Gasteiger partial charge in [0.2, 0.25) is 0 Å². The average molecular weight is 351 g/mol. The summed E-state index contributed by atoms with van der Waals surface area (Å²) in [5.74, 6) is -6.30. The molecule has 1 atom stereocenters. The first-order valence-corrected chi connectivity index (χ1v) is 6.53. The molecule has 2 aromatic carbocycles. The van der Waals surface area contributed by atoms with Crippen molar-refractivity contribution in [2.45, 2.75) is 11.2 Å². The molecular weight excluding hydrogens is 343 g/mol. The molecule has 20 heavy (non-hydrogen) atoms. The van der Waals surface area contributed by atoms with Gasteiger partial charge >= 0.3 is 0 Å². The molecule has 6 heteroatoms. The molecule has 0 bridgehead atoms. The molecule has 2 aromatic rings. The first kappa shape index (κ1) is 15.0. The van der Waals surface area contributed by atoms with E-state index in [9.17, 15) is 22.0 Å². The van der Waals surface area contributed by atoms with Gasteiger partial charge in [-0.1, -0.05) is 34.1 Å². The fraction of sp³-hybridized carbons (Fsp3) is 0.143. The molecule has 0 heterocycles. The number of benzene rings is 2. The lowest BCUT2D eigenvalue weighted by atomic mass is 10.0. The smallest absolute Gasteiger partial charge is 0.194 e. The SMILES string of the molecule is Fc1cccc(CC(Br)c2ccc(F)c(F)c2F)c1F. The Kier molecular flexibility index (Phi) is 4.42. The van der Waals surface area contributed by atoms with E-state index < -0.39 is 33.9 Å². The van der Waals surface area contributed by atoms with Crippen LogP contribution in [0, 0.1) is 29.1 Å². The Balaban J connectivity index is 2.31. The fourth-order valence-corrected chi connectivity index (χ4v) is 2.49. The van der Waals surface area contributed by atoms with Crippen molar-refractivity contribution in [3.63, 3.8) is 0 Å². The van der Waals surface area contributed by atoms with Crippen LogP contribution in [0.2, 0.25) is 0 Å². The van der Waals surface area contributed by atoms with Crippen LogP contribution < -0.4 is 0 Å². The Hall–Kier alpha value is -1.43. The zero-order valence-corrected chi connectivity index (χ0v) is 11.5. The quantitative estimate of drug-likeness (QED) is 0.412. The number of rotatable bonds is 3. The summed E-state index contributed by atoms with van der Waals surface area (Å²) in [6, 6.07) is 5.45. The van der Waals surface area contributed by atoms with Crippen molar-refractivity contribution in [3.8, 4) is 0 Å². The highest BCUT2D eigenvalue weighted by Gasteiger charge is 2.20. The van der Waals surface area contributed by atoms with Gasteiger partial charge in [0.15, 0.2) is 29.1 Å². The minimum absolute atomic E-state index is 0.0102. The third kappa shape index (κ3) is 2.85. The van der Waals surface area contributed by atoms with Gasteiger partial charge < -0.3 is 0 Å². The number of alkyl halides is 1. The van der Waals surface area contributed by atoms with Gasteiger partial charge in [-0.25, -0.2) is 22.0 Å². The van der Waals surface area contributed by atoms with Gasteiger partial charge in [0, 0.05) is 10.4 Å². The third-order valence-electron chi connectivity index (χ3n) is 2.83. The van der Waals surface area contributed by atoms with E-state index in [4.69, 9.17) is 0 Å². The molecule has 0 saturated carbocycles. The van der Waals surface area contributed by atoms with Crippen molar-refractivity contribution in [1.82, 2.24) is 0 Å². The lowest BCUT2D eigenvalue weighted by Gasteiger charge is -2.13. The van der Waals surface area contributed by atoms with Gasteiger partial charge in [-0.2, -0.15) is 0 Å². The van der Waals surface area contributed by atoms with Crippen LogP contribution in [0.5, 0.6) is 0 Å². The summed E-state index contributed by atoms with van der Waals surface area (Å²) in [5, 5.41) is 0. The predicted molar refractivity (Wildman–Crippen MR) is 68.0 cm³/mol. The van der Waals surface area contributed by atoms with Crippen LogP contribution in [0.15, 0.2) is 30.3 Å². The van der Waals surface area contributed by atoms with Crippen molar-refractivity contribution < 1.29 is 22.0 Å². The molecule has 0 N–H and O–H groups in total. The van der Waals surface area contributed by atoms with Gasteiger partial charge in [-0.15, -0.1) is 0 Å². The lowest BCUT2D eigenvalue weighted by molar-refractivity contribution is 0.440. The molecule has 0 aliphatic rings. The Morgan fingerprint density at radius 1 is 0.800 bits per heavy atom. The zero-order chi connectivity index (χ0) is 14.9. The van der Waals surface area contributed by atoms with Crippen LogP contribution >= 0.6 is 15.9 Å². The largest absolute Gasteiger partial charge is 0.204 e. The molecule has 0 spiro atoms. The molecular formula is C14H8BrF5. The predicted octanol–water partition coefficient (Wildman–Crippen LogP) is 5.06. The topological polar surface area (TPSA) is 0 Å². The molecule has 0 fully saturated rings. The summed E-state index contributed by atoms with van der Waals surface area (Å²) in [7, 11) is 0. The summed E-state index contributed by atoms with van der Waals surface area (Å²) in [4.78, 5) is -0.811. The van der Waals surface area contributed by atoms with Crippen LogP contribution in [0.4, 0.5) is 22.0 Å². The van der Waals surface area contributed by atoms with E-state index in [2.05, 4.69) is 15.9 Å². The van der Waals surface area contributed by atoms with Crippen LogP contribution in [0.25, 0.3) is 0 Å². The molecule has 0 amide bonds. The third-order valence-corrected chi connectivity index (χ3v) is 3.65. The maximum absolute atomic E-state index is 13.6. The van der Waals surface area contributed by atoms with Gasteiger partial charge in [-0.05, 0) is 24.1 Å². The summed E-state index contributed by atoms with van der Waals surface area (Å²) in [6.45, 7) is 0. The second-order valence-electron chi connectivity index (χ2n) is 4.15. The average Bonchev–Trinajstić information content (AvgIpc) is 2.41. The van der Waals surface area contributed by atoms with Crippen molar-refractivity contribution >= 4 is 15.9 Å². The maximum Gasteiger partial charge on any atom is 0.194 e. The Morgan fingerprint density at radius 3 is 2.15 bits per heavy atom. The second kappa shape index (κ2) is 5.91. The van der Waals surface area contributed by atoms with E-state index in [1.807, 2.05) is 0 Å². The number of halogens is 6. The monoisotopic (exact) mass is 350 g/mol. The number of hydrogen-bond donors (Lipinski definition) is 0. The fourth-order valence-electron chi connectivity index (χ4n) is 1.79. The molecule has 0 saturated heterocycles. The van der Waals surface area contributed by atoms with E-state index in [1.165, 1.54) is 12.1 Å². The second-order valence-corrected chi connectivity index (χ2v) is 5.25. The maximum atomic E-state index is 13.6. The normalized spacial score (nSPS) is 12.5. The van der Waals surface area contributed by atoms with E-state index in [0.717, 1.165) is 18.2 Å². The zero-order valence-electron chi connectivity index (χ0n) is 9.94. The first-order chi connectivity index (χ1) is 9.41. The summed E-state index contributed by atoms with van der Waals surface area (Å²) >= 11 is 3.07. The molecule has 1 unspecified atom stereocenters. The summed E-state index contributed by atoms with van der Waals surface area (Å²) in [6.07, 6.45) is -0.106. The Labute approximate surface area is 120 Å². The van der Waals surface area contributed by atoms with Crippen molar-refractivity contribution in [2.75, 3.05) is 0 Å². The van der Waals surface area contributed by atoms with Crippen LogP contribution in [-0.4, -0.2) is 0 Å². The molecule has 0 aliphatic heterocycles. The van der Waals surface area contributed by atoms with Gasteiger partial charge in [-0.3, -0.25) is 0 Å². The molecule has 2 rings (SSSR count). The molecule has 0 aromatic heterocycles. The summed E-state index contributed by atoms with van der Waals surface area (Å²) in [5.41, 5.74) is -0.149. The van der Waals surface area contributed by atoms with Crippen molar-refractivity contribution in [3.05, 3.63) is 70.5 Å². The van der Waals surface area contributed by atoms with E-state index >= 15 is 0 Å². The highest BCUT2D eigenvalue weighted by molar-refractivity contribution is 9.09. The molecule has 0 nitrogen and oxygen atoms in total.